The lowest BCUT2D eigenvalue weighted by Crippen LogP contribution is -2.16. The zero-order valence-electron chi connectivity index (χ0n) is 10.9. The standard InChI is InChI=1S/C13H22N2OS/c1-4-12(14-2)13-7-6-11(10-15-13)17-9-5-8-16-3/h6-7,10,12,14H,4-5,8-9H2,1-3H3. The Morgan fingerprint density at radius 2 is 2.29 bits per heavy atom. The van der Waals surface area contributed by atoms with Crippen molar-refractivity contribution in [1.29, 1.82) is 0 Å². The fourth-order valence-corrected chi connectivity index (χ4v) is 2.43. The molecule has 0 fully saturated rings. The van der Waals surface area contributed by atoms with Crippen molar-refractivity contribution >= 4 is 11.8 Å². The lowest BCUT2D eigenvalue weighted by atomic mass is 10.1. The number of methoxy groups -OCH3 is 1. The maximum absolute atomic E-state index is 5.02. The quantitative estimate of drug-likeness (QED) is 0.571. The highest BCUT2D eigenvalue weighted by molar-refractivity contribution is 7.99. The Kier molecular flexibility index (Phi) is 7.24. The van der Waals surface area contributed by atoms with Gasteiger partial charge in [-0.2, -0.15) is 0 Å². The van der Waals surface area contributed by atoms with Gasteiger partial charge in [-0.05, 0) is 32.0 Å². The smallest absolute Gasteiger partial charge is 0.0573 e. The van der Waals surface area contributed by atoms with Gasteiger partial charge >= 0.3 is 0 Å². The molecule has 17 heavy (non-hydrogen) atoms. The monoisotopic (exact) mass is 254 g/mol. The van der Waals surface area contributed by atoms with Crippen LogP contribution in [0.4, 0.5) is 0 Å². The minimum atomic E-state index is 0.363. The summed E-state index contributed by atoms with van der Waals surface area (Å²) in [6.07, 6.45) is 4.10. The highest BCUT2D eigenvalue weighted by Gasteiger charge is 2.07. The van der Waals surface area contributed by atoms with Crippen molar-refractivity contribution in [1.82, 2.24) is 10.3 Å². The molecule has 1 aromatic heterocycles. The van der Waals surface area contributed by atoms with Gasteiger partial charge in [-0.25, -0.2) is 0 Å². The third-order valence-electron chi connectivity index (χ3n) is 2.63. The van der Waals surface area contributed by atoms with Gasteiger partial charge in [-0.3, -0.25) is 4.98 Å². The zero-order valence-corrected chi connectivity index (χ0v) is 11.7. The summed E-state index contributed by atoms with van der Waals surface area (Å²) in [6, 6.07) is 4.63. The van der Waals surface area contributed by atoms with Crippen molar-refractivity contribution in [2.24, 2.45) is 0 Å². The van der Waals surface area contributed by atoms with E-state index in [-0.39, 0.29) is 0 Å². The molecule has 0 saturated carbocycles. The van der Waals surface area contributed by atoms with Gasteiger partial charge in [0.15, 0.2) is 0 Å². The maximum Gasteiger partial charge on any atom is 0.0573 e. The fourth-order valence-electron chi connectivity index (χ4n) is 1.64. The van der Waals surface area contributed by atoms with E-state index < -0.39 is 0 Å². The van der Waals surface area contributed by atoms with Gasteiger partial charge in [0.2, 0.25) is 0 Å². The Balaban J connectivity index is 2.44. The topological polar surface area (TPSA) is 34.1 Å². The van der Waals surface area contributed by atoms with Gasteiger partial charge in [-0.15, -0.1) is 11.8 Å². The molecule has 0 aliphatic carbocycles. The van der Waals surface area contributed by atoms with E-state index in [1.54, 1.807) is 7.11 Å². The molecule has 1 rings (SSSR count). The van der Waals surface area contributed by atoms with Gasteiger partial charge < -0.3 is 10.1 Å². The van der Waals surface area contributed by atoms with Crippen LogP contribution in [0.25, 0.3) is 0 Å². The van der Waals surface area contributed by atoms with Gasteiger partial charge in [0, 0.05) is 36.6 Å². The van der Waals surface area contributed by atoms with E-state index >= 15 is 0 Å². The Hall–Kier alpha value is -0.580. The summed E-state index contributed by atoms with van der Waals surface area (Å²) in [5.74, 6) is 1.08. The van der Waals surface area contributed by atoms with E-state index in [4.69, 9.17) is 4.74 Å². The summed E-state index contributed by atoms with van der Waals surface area (Å²) >= 11 is 1.83. The number of pyridine rings is 1. The van der Waals surface area contributed by atoms with Crippen LogP contribution in [0, 0.1) is 0 Å². The Labute approximate surface area is 108 Å². The molecule has 0 amide bonds. The summed E-state index contributed by atoms with van der Waals surface area (Å²) in [5.41, 5.74) is 1.12. The highest BCUT2D eigenvalue weighted by atomic mass is 32.2. The van der Waals surface area contributed by atoms with Crippen molar-refractivity contribution < 1.29 is 4.74 Å². The fraction of sp³-hybridized carbons (Fsp3) is 0.615. The van der Waals surface area contributed by atoms with Crippen LogP contribution in [0.1, 0.15) is 31.5 Å². The molecular weight excluding hydrogens is 232 g/mol. The van der Waals surface area contributed by atoms with Gasteiger partial charge in [0.25, 0.3) is 0 Å². The lowest BCUT2D eigenvalue weighted by Gasteiger charge is -2.13. The number of hydrogen-bond donors (Lipinski definition) is 1. The third kappa shape index (κ3) is 5.06. The molecule has 1 aromatic rings. The Morgan fingerprint density at radius 3 is 2.82 bits per heavy atom. The molecule has 0 aromatic carbocycles. The molecule has 0 spiro atoms. The lowest BCUT2D eigenvalue weighted by molar-refractivity contribution is 0.200. The third-order valence-corrected chi connectivity index (χ3v) is 3.70. The second-order valence-corrected chi connectivity index (χ2v) is 5.03. The van der Waals surface area contributed by atoms with E-state index in [1.807, 2.05) is 25.0 Å². The number of ether oxygens (including phenoxy) is 1. The SMILES string of the molecule is CCC(NC)c1ccc(SCCCOC)cn1. The molecular formula is C13H22N2OS. The molecule has 1 atom stereocenters. The second kappa shape index (κ2) is 8.50. The minimum absolute atomic E-state index is 0.363. The van der Waals surface area contributed by atoms with Crippen LogP contribution in [-0.4, -0.2) is 31.5 Å². The van der Waals surface area contributed by atoms with Crippen LogP contribution >= 0.6 is 11.8 Å². The van der Waals surface area contributed by atoms with Gasteiger partial charge in [-0.1, -0.05) is 6.92 Å². The first-order valence-corrected chi connectivity index (χ1v) is 7.05. The molecule has 0 aliphatic rings. The first-order chi connectivity index (χ1) is 8.31. The number of rotatable bonds is 8. The number of aromatic nitrogens is 1. The van der Waals surface area contributed by atoms with Crippen molar-refractivity contribution in [3.05, 3.63) is 24.0 Å². The van der Waals surface area contributed by atoms with Crippen LogP contribution in [0.2, 0.25) is 0 Å². The van der Waals surface area contributed by atoms with Crippen molar-refractivity contribution in [2.45, 2.75) is 30.7 Å². The predicted molar refractivity (Wildman–Crippen MR) is 73.5 cm³/mol. The first kappa shape index (κ1) is 14.5. The average molecular weight is 254 g/mol. The maximum atomic E-state index is 5.02. The molecule has 4 heteroatoms. The summed E-state index contributed by atoms with van der Waals surface area (Å²) in [5, 5.41) is 3.26. The van der Waals surface area contributed by atoms with E-state index in [1.165, 1.54) is 4.90 Å². The number of hydrogen-bond acceptors (Lipinski definition) is 4. The summed E-state index contributed by atoms with van der Waals surface area (Å²) < 4.78 is 5.02. The van der Waals surface area contributed by atoms with E-state index in [2.05, 4.69) is 29.4 Å². The number of nitrogens with one attached hydrogen (secondary N) is 1. The molecule has 0 saturated heterocycles. The first-order valence-electron chi connectivity index (χ1n) is 6.06. The van der Waals surface area contributed by atoms with Gasteiger partial charge in [0.05, 0.1) is 5.69 Å². The van der Waals surface area contributed by atoms with Crippen LogP contribution < -0.4 is 5.32 Å². The average Bonchev–Trinajstić information content (AvgIpc) is 2.38. The second-order valence-electron chi connectivity index (χ2n) is 3.86. The highest BCUT2D eigenvalue weighted by Crippen LogP contribution is 2.20. The normalized spacial score (nSPS) is 12.6. The largest absolute Gasteiger partial charge is 0.385 e. The summed E-state index contributed by atoms with van der Waals surface area (Å²) in [7, 11) is 3.72. The summed E-state index contributed by atoms with van der Waals surface area (Å²) in [4.78, 5) is 5.74. The van der Waals surface area contributed by atoms with Crippen molar-refractivity contribution in [3.8, 4) is 0 Å². The van der Waals surface area contributed by atoms with Crippen LogP contribution in [0.5, 0.6) is 0 Å². The minimum Gasteiger partial charge on any atom is -0.385 e. The van der Waals surface area contributed by atoms with Crippen LogP contribution in [0.3, 0.4) is 0 Å². The van der Waals surface area contributed by atoms with E-state index in [0.29, 0.717) is 6.04 Å². The van der Waals surface area contributed by atoms with Crippen molar-refractivity contribution in [3.63, 3.8) is 0 Å². The molecule has 3 nitrogen and oxygen atoms in total. The number of thioether (sulfide) groups is 1. The van der Waals surface area contributed by atoms with Crippen LogP contribution in [0.15, 0.2) is 23.2 Å². The molecule has 1 heterocycles. The molecule has 96 valence electrons. The summed E-state index contributed by atoms with van der Waals surface area (Å²) in [6.45, 7) is 2.99. The molecule has 0 aliphatic heterocycles. The predicted octanol–water partition coefficient (Wildman–Crippen LogP) is 2.88. The van der Waals surface area contributed by atoms with E-state index in [9.17, 15) is 0 Å². The molecule has 0 radical (unpaired) electrons. The van der Waals surface area contributed by atoms with E-state index in [0.717, 1.165) is 30.9 Å². The Morgan fingerprint density at radius 1 is 1.47 bits per heavy atom. The molecule has 1 unspecified atom stereocenters. The zero-order chi connectivity index (χ0) is 12.5. The number of nitrogens with zero attached hydrogens (tertiary/aromatic N) is 1. The van der Waals surface area contributed by atoms with Crippen LogP contribution in [-0.2, 0) is 4.74 Å². The molecule has 1 N–H and O–H groups in total. The molecule has 0 bridgehead atoms. The van der Waals surface area contributed by atoms with Crippen molar-refractivity contribution in [2.75, 3.05) is 26.5 Å². The Bertz CT molecular complexity index is 299. The van der Waals surface area contributed by atoms with Gasteiger partial charge in [0.1, 0.15) is 0 Å².